The van der Waals surface area contributed by atoms with Gasteiger partial charge in [0.05, 0.1) is 0 Å². The van der Waals surface area contributed by atoms with E-state index in [0.717, 1.165) is 37.5 Å². The molecule has 0 atom stereocenters. The highest BCUT2D eigenvalue weighted by Crippen LogP contribution is 2.21. The molecule has 1 aromatic heterocycles. The fourth-order valence-electron chi connectivity index (χ4n) is 3.44. The van der Waals surface area contributed by atoms with Crippen molar-refractivity contribution in [2.75, 3.05) is 27.2 Å². The average Bonchev–Trinajstić information content (AvgIpc) is 3.16. The van der Waals surface area contributed by atoms with Gasteiger partial charge >= 0.3 is 0 Å². The van der Waals surface area contributed by atoms with Crippen LogP contribution < -0.4 is 16.0 Å². The lowest BCUT2D eigenvalue weighted by Gasteiger charge is -2.12. The van der Waals surface area contributed by atoms with Crippen molar-refractivity contribution < 1.29 is 4.79 Å². The summed E-state index contributed by atoms with van der Waals surface area (Å²) < 4.78 is 0. The number of aryl methyl sites for hydroxylation is 1. The van der Waals surface area contributed by atoms with E-state index in [1.165, 1.54) is 22.0 Å². The topological polar surface area (TPSA) is 81.3 Å². The van der Waals surface area contributed by atoms with E-state index in [2.05, 4.69) is 57.2 Å². The van der Waals surface area contributed by atoms with Crippen molar-refractivity contribution in [1.29, 1.82) is 0 Å². The molecule has 160 valence electrons. The average molecular weight is 519 g/mol. The third kappa shape index (κ3) is 5.98. The zero-order valence-electron chi connectivity index (χ0n) is 17.7. The molecular weight excluding hydrogens is 489 g/mol. The van der Waals surface area contributed by atoms with Gasteiger partial charge in [-0.15, -0.1) is 24.0 Å². The lowest BCUT2D eigenvalue weighted by atomic mass is 10.1. The number of hydrogen-bond acceptors (Lipinski definition) is 2. The maximum absolute atomic E-state index is 11.8. The van der Waals surface area contributed by atoms with Crippen LogP contribution in [0.5, 0.6) is 0 Å². The molecule has 6 nitrogen and oxygen atoms in total. The number of carbonyl (C=O) groups is 1. The van der Waals surface area contributed by atoms with Crippen LogP contribution in [0.4, 0.5) is 0 Å². The van der Waals surface area contributed by atoms with Gasteiger partial charge in [0.25, 0.3) is 5.91 Å². The Morgan fingerprint density at radius 3 is 2.53 bits per heavy atom. The summed E-state index contributed by atoms with van der Waals surface area (Å²) in [6.07, 6.45) is 3.82. The van der Waals surface area contributed by atoms with Crippen LogP contribution in [0, 0.1) is 6.92 Å². The number of H-pyrrole nitrogens is 1. The van der Waals surface area contributed by atoms with Gasteiger partial charge in [-0.05, 0) is 48.6 Å². The summed E-state index contributed by atoms with van der Waals surface area (Å²) in [6.45, 7) is 3.66. The van der Waals surface area contributed by atoms with Crippen LogP contribution in [-0.4, -0.2) is 44.0 Å². The number of guanidine groups is 1. The normalized spacial score (nSPS) is 11.1. The Kier molecular flexibility index (Phi) is 9.16. The van der Waals surface area contributed by atoms with Gasteiger partial charge in [-0.25, -0.2) is 0 Å². The second-order valence-electron chi connectivity index (χ2n) is 7.02. The van der Waals surface area contributed by atoms with Crippen molar-refractivity contribution in [1.82, 2.24) is 20.9 Å². The minimum absolute atomic E-state index is 0. The molecule has 0 radical (unpaired) electrons. The minimum atomic E-state index is -0.0650. The van der Waals surface area contributed by atoms with E-state index in [1.54, 1.807) is 14.1 Å². The van der Waals surface area contributed by atoms with Gasteiger partial charge in [0.15, 0.2) is 5.96 Å². The van der Waals surface area contributed by atoms with Crippen molar-refractivity contribution >= 4 is 46.7 Å². The SMILES string of the molecule is CN=C(NCCc1cccc(C(=O)NC)c1)NCCc1c[nH]c2c(C)cccc12.I. The van der Waals surface area contributed by atoms with Gasteiger partial charge in [-0.1, -0.05) is 30.3 Å². The van der Waals surface area contributed by atoms with Crippen LogP contribution in [0.2, 0.25) is 0 Å². The molecule has 0 saturated carbocycles. The third-order valence-electron chi connectivity index (χ3n) is 5.04. The number of aromatic nitrogens is 1. The lowest BCUT2D eigenvalue weighted by molar-refractivity contribution is 0.0963. The van der Waals surface area contributed by atoms with Gasteiger partial charge in [-0.3, -0.25) is 9.79 Å². The molecule has 0 bridgehead atoms. The van der Waals surface area contributed by atoms with Gasteiger partial charge in [-0.2, -0.15) is 0 Å². The molecule has 30 heavy (non-hydrogen) atoms. The molecule has 2 aromatic carbocycles. The molecule has 1 amide bonds. The van der Waals surface area contributed by atoms with E-state index in [0.29, 0.717) is 5.56 Å². The van der Waals surface area contributed by atoms with E-state index < -0.39 is 0 Å². The molecule has 0 aliphatic rings. The number of aromatic amines is 1. The van der Waals surface area contributed by atoms with Crippen LogP contribution in [0.1, 0.15) is 27.0 Å². The van der Waals surface area contributed by atoms with E-state index in [-0.39, 0.29) is 29.9 Å². The Balaban J connectivity index is 0.00000320. The number of nitrogens with zero attached hydrogens (tertiary/aromatic N) is 1. The van der Waals surface area contributed by atoms with E-state index in [9.17, 15) is 4.79 Å². The minimum Gasteiger partial charge on any atom is -0.361 e. The number of benzene rings is 2. The van der Waals surface area contributed by atoms with E-state index in [4.69, 9.17) is 0 Å². The first kappa shape index (κ1) is 23.7. The number of carbonyl (C=O) groups excluding carboxylic acids is 1. The summed E-state index contributed by atoms with van der Waals surface area (Å²) in [7, 11) is 3.42. The maximum Gasteiger partial charge on any atom is 0.251 e. The highest BCUT2D eigenvalue weighted by Gasteiger charge is 2.06. The van der Waals surface area contributed by atoms with Crippen molar-refractivity contribution in [2.24, 2.45) is 4.99 Å². The van der Waals surface area contributed by atoms with Crippen molar-refractivity contribution in [3.63, 3.8) is 0 Å². The van der Waals surface area contributed by atoms with Crippen LogP contribution in [0.25, 0.3) is 10.9 Å². The van der Waals surface area contributed by atoms with Crippen LogP contribution in [-0.2, 0) is 12.8 Å². The Bertz CT molecular complexity index is 1010. The Morgan fingerprint density at radius 1 is 1.07 bits per heavy atom. The summed E-state index contributed by atoms with van der Waals surface area (Å²) in [5, 5.41) is 10.6. The molecule has 0 aliphatic heterocycles. The monoisotopic (exact) mass is 519 g/mol. The summed E-state index contributed by atoms with van der Waals surface area (Å²) in [5.74, 6) is 0.716. The Morgan fingerprint density at radius 2 is 1.80 bits per heavy atom. The zero-order valence-corrected chi connectivity index (χ0v) is 20.0. The molecule has 3 rings (SSSR count). The van der Waals surface area contributed by atoms with Crippen molar-refractivity contribution in [3.8, 4) is 0 Å². The molecule has 0 fully saturated rings. The Hall–Kier alpha value is -2.55. The Labute approximate surface area is 195 Å². The van der Waals surface area contributed by atoms with Crippen molar-refractivity contribution in [2.45, 2.75) is 19.8 Å². The van der Waals surface area contributed by atoms with Crippen LogP contribution in [0.3, 0.4) is 0 Å². The highest BCUT2D eigenvalue weighted by molar-refractivity contribution is 14.0. The molecule has 0 aliphatic carbocycles. The predicted molar refractivity (Wildman–Crippen MR) is 135 cm³/mol. The van der Waals surface area contributed by atoms with Crippen molar-refractivity contribution in [3.05, 3.63) is 70.9 Å². The standard InChI is InChI=1S/C23H29N5O.HI/c1-16-6-4-9-20-19(15-28-21(16)20)11-13-27-23(25-3)26-12-10-17-7-5-8-18(14-17)22(29)24-2;/h4-9,14-15,28H,10-13H2,1-3H3,(H,24,29)(H2,25,26,27);1H. The predicted octanol–water partition coefficient (Wildman–Crippen LogP) is 3.40. The molecular formula is C23H30IN5O. The number of hydrogen-bond donors (Lipinski definition) is 4. The molecule has 0 saturated heterocycles. The summed E-state index contributed by atoms with van der Waals surface area (Å²) in [5.41, 5.74) is 5.58. The number of halogens is 1. The van der Waals surface area contributed by atoms with Gasteiger partial charge in [0, 0.05) is 49.8 Å². The molecule has 1 heterocycles. The fourth-order valence-corrected chi connectivity index (χ4v) is 3.44. The number of rotatable bonds is 7. The largest absolute Gasteiger partial charge is 0.361 e. The molecule has 3 aromatic rings. The number of aliphatic imine (C=N–C) groups is 1. The summed E-state index contributed by atoms with van der Waals surface area (Å²) in [6, 6.07) is 14.1. The molecule has 4 N–H and O–H groups in total. The zero-order chi connectivity index (χ0) is 20.6. The lowest BCUT2D eigenvalue weighted by Crippen LogP contribution is -2.39. The number of fused-ring (bicyclic) bond motifs is 1. The van der Waals surface area contributed by atoms with Gasteiger partial charge < -0.3 is 20.9 Å². The molecule has 0 unspecified atom stereocenters. The maximum atomic E-state index is 11.8. The quantitative estimate of drug-likeness (QED) is 0.220. The van der Waals surface area contributed by atoms with Crippen LogP contribution >= 0.6 is 24.0 Å². The summed E-state index contributed by atoms with van der Waals surface area (Å²) in [4.78, 5) is 19.4. The molecule has 7 heteroatoms. The first-order valence-corrected chi connectivity index (χ1v) is 9.93. The van der Waals surface area contributed by atoms with E-state index in [1.807, 2.05) is 24.3 Å². The first-order chi connectivity index (χ1) is 14.1. The third-order valence-corrected chi connectivity index (χ3v) is 5.04. The summed E-state index contributed by atoms with van der Waals surface area (Å²) >= 11 is 0. The second kappa shape index (κ2) is 11.6. The van der Waals surface area contributed by atoms with E-state index >= 15 is 0 Å². The highest BCUT2D eigenvalue weighted by atomic mass is 127. The van der Waals surface area contributed by atoms with Gasteiger partial charge in [0.1, 0.15) is 0 Å². The smallest absolute Gasteiger partial charge is 0.251 e. The molecule has 0 spiro atoms. The number of nitrogens with one attached hydrogen (secondary N) is 4. The number of amides is 1. The number of para-hydroxylation sites is 1. The van der Waals surface area contributed by atoms with Crippen LogP contribution in [0.15, 0.2) is 53.7 Å². The van der Waals surface area contributed by atoms with Gasteiger partial charge in [0.2, 0.25) is 0 Å². The first-order valence-electron chi connectivity index (χ1n) is 9.93. The second-order valence-corrected chi connectivity index (χ2v) is 7.02. The fraction of sp³-hybridized carbons (Fsp3) is 0.304.